The molecule has 3 rings (SSSR count). The number of anilines is 2. The quantitative estimate of drug-likeness (QED) is 0.467. The standard InChI is InChI=1S/C18H12Cl4N2/c19-13-8-12(10-2-4-18(24)16(22)6-10)14(20)7-11(13)9-1-3-17(23)15(21)5-9/h1-8H,23-24H2. The number of hydrogen-bond acceptors (Lipinski definition) is 2. The predicted molar refractivity (Wildman–Crippen MR) is 106 cm³/mol. The van der Waals surface area contributed by atoms with E-state index in [4.69, 9.17) is 57.9 Å². The van der Waals surface area contributed by atoms with Crippen LogP contribution in [-0.4, -0.2) is 0 Å². The molecule has 0 aromatic heterocycles. The lowest BCUT2D eigenvalue weighted by molar-refractivity contribution is 1.58. The van der Waals surface area contributed by atoms with E-state index in [9.17, 15) is 0 Å². The first-order valence-electron chi connectivity index (χ1n) is 6.96. The van der Waals surface area contributed by atoms with Crippen LogP contribution < -0.4 is 11.5 Å². The van der Waals surface area contributed by atoms with E-state index in [1.54, 1.807) is 36.4 Å². The molecule has 0 radical (unpaired) electrons. The summed E-state index contributed by atoms with van der Waals surface area (Å²) in [6, 6.07) is 14.3. The van der Waals surface area contributed by atoms with Gasteiger partial charge < -0.3 is 11.5 Å². The molecule has 4 N–H and O–H groups in total. The molecule has 0 aliphatic rings. The topological polar surface area (TPSA) is 52.0 Å². The van der Waals surface area contributed by atoms with E-state index in [0.29, 0.717) is 31.5 Å². The SMILES string of the molecule is Nc1ccc(-c2cc(Cl)c(-c3ccc(N)c(Cl)c3)cc2Cl)cc1Cl. The molecule has 0 aliphatic heterocycles. The molecular weight excluding hydrogens is 386 g/mol. The second-order valence-electron chi connectivity index (χ2n) is 5.28. The average Bonchev–Trinajstić information content (AvgIpc) is 2.54. The number of hydrogen-bond donors (Lipinski definition) is 2. The van der Waals surface area contributed by atoms with Crippen molar-refractivity contribution >= 4 is 57.8 Å². The smallest absolute Gasteiger partial charge is 0.0641 e. The molecular formula is C18H12Cl4N2. The predicted octanol–water partition coefficient (Wildman–Crippen LogP) is 6.80. The third-order valence-corrected chi connectivity index (χ3v) is 4.96. The highest BCUT2D eigenvalue weighted by Gasteiger charge is 2.12. The largest absolute Gasteiger partial charge is 0.398 e. The summed E-state index contributed by atoms with van der Waals surface area (Å²) in [7, 11) is 0. The van der Waals surface area contributed by atoms with Crippen LogP contribution in [0.3, 0.4) is 0 Å². The molecule has 0 atom stereocenters. The highest BCUT2D eigenvalue weighted by Crippen LogP contribution is 2.39. The van der Waals surface area contributed by atoms with Gasteiger partial charge in [0.2, 0.25) is 0 Å². The Morgan fingerprint density at radius 1 is 0.500 bits per heavy atom. The first-order valence-corrected chi connectivity index (χ1v) is 8.48. The Morgan fingerprint density at radius 2 is 0.875 bits per heavy atom. The van der Waals surface area contributed by atoms with E-state index in [0.717, 1.165) is 22.3 Å². The van der Waals surface area contributed by atoms with Crippen molar-refractivity contribution in [3.63, 3.8) is 0 Å². The van der Waals surface area contributed by atoms with Crippen molar-refractivity contribution in [1.29, 1.82) is 0 Å². The van der Waals surface area contributed by atoms with Crippen molar-refractivity contribution in [2.45, 2.75) is 0 Å². The van der Waals surface area contributed by atoms with Gasteiger partial charge >= 0.3 is 0 Å². The minimum Gasteiger partial charge on any atom is -0.398 e. The molecule has 122 valence electrons. The van der Waals surface area contributed by atoms with Gasteiger partial charge in [0, 0.05) is 21.2 Å². The minimum absolute atomic E-state index is 0.467. The van der Waals surface area contributed by atoms with Crippen LogP contribution in [0.15, 0.2) is 48.5 Å². The maximum absolute atomic E-state index is 6.46. The molecule has 3 aromatic rings. The Labute approximate surface area is 159 Å². The van der Waals surface area contributed by atoms with E-state index in [2.05, 4.69) is 0 Å². The lowest BCUT2D eigenvalue weighted by Crippen LogP contribution is -1.90. The van der Waals surface area contributed by atoms with E-state index in [-0.39, 0.29) is 0 Å². The molecule has 0 fully saturated rings. The second kappa shape index (κ2) is 6.73. The van der Waals surface area contributed by atoms with Gasteiger partial charge in [0.25, 0.3) is 0 Å². The second-order valence-corrected chi connectivity index (χ2v) is 6.91. The Morgan fingerprint density at radius 3 is 1.21 bits per heavy atom. The summed E-state index contributed by atoms with van der Waals surface area (Å²) in [6.07, 6.45) is 0. The lowest BCUT2D eigenvalue weighted by Gasteiger charge is -2.12. The molecule has 0 saturated heterocycles. The molecule has 3 aromatic carbocycles. The molecule has 0 bridgehead atoms. The zero-order chi connectivity index (χ0) is 17.4. The van der Waals surface area contributed by atoms with Crippen LogP contribution in [0.4, 0.5) is 11.4 Å². The van der Waals surface area contributed by atoms with Crippen molar-refractivity contribution in [3.8, 4) is 22.3 Å². The van der Waals surface area contributed by atoms with Crippen LogP contribution >= 0.6 is 46.4 Å². The lowest BCUT2D eigenvalue weighted by atomic mass is 9.99. The van der Waals surface area contributed by atoms with Gasteiger partial charge in [-0.1, -0.05) is 58.5 Å². The Kier molecular flexibility index (Phi) is 4.84. The van der Waals surface area contributed by atoms with Gasteiger partial charge in [-0.05, 0) is 47.5 Å². The van der Waals surface area contributed by atoms with Crippen LogP contribution in [-0.2, 0) is 0 Å². The molecule has 24 heavy (non-hydrogen) atoms. The minimum atomic E-state index is 0.467. The summed E-state index contributed by atoms with van der Waals surface area (Å²) in [5.74, 6) is 0. The van der Waals surface area contributed by atoms with E-state index < -0.39 is 0 Å². The number of halogens is 4. The Hall–Kier alpha value is -1.58. The van der Waals surface area contributed by atoms with Crippen LogP contribution in [0.1, 0.15) is 0 Å². The summed E-state index contributed by atoms with van der Waals surface area (Å²) >= 11 is 25.1. The number of rotatable bonds is 2. The van der Waals surface area contributed by atoms with Gasteiger partial charge in [0.15, 0.2) is 0 Å². The maximum atomic E-state index is 6.46. The molecule has 6 heteroatoms. The Bertz CT molecular complexity index is 861. The van der Waals surface area contributed by atoms with E-state index in [1.165, 1.54) is 0 Å². The van der Waals surface area contributed by atoms with Gasteiger partial charge in [0.05, 0.1) is 21.4 Å². The zero-order valence-electron chi connectivity index (χ0n) is 12.3. The van der Waals surface area contributed by atoms with Crippen LogP contribution in [0.5, 0.6) is 0 Å². The van der Waals surface area contributed by atoms with Gasteiger partial charge in [-0.3, -0.25) is 0 Å². The van der Waals surface area contributed by atoms with Gasteiger partial charge in [-0.25, -0.2) is 0 Å². The fourth-order valence-electron chi connectivity index (χ4n) is 2.38. The van der Waals surface area contributed by atoms with Gasteiger partial charge in [-0.2, -0.15) is 0 Å². The highest BCUT2D eigenvalue weighted by atomic mass is 35.5. The number of benzene rings is 3. The monoisotopic (exact) mass is 396 g/mol. The van der Waals surface area contributed by atoms with Crippen LogP contribution in [0.2, 0.25) is 20.1 Å². The normalized spacial score (nSPS) is 10.8. The molecule has 0 spiro atoms. The maximum Gasteiger partial charge on any atom is 0.0641 e. The molecule has 0 aliphatic carbocycles. The zero-order valence-corrected chi connectivity index (χ0v) is 15.3. The number of nitrogens with two attached hydrogens (primary N) is 2. The van der Waals surface area contributed by atoms with Crippen molar-refractivity contribution < 1.29 is 0 Å². The third kappa shape index (κ3) is 3.28. The molecule has 0 amide bonds. The van der Waals surface area contributed by atoms with Crippen molar-refractivity contribution in [2.75, 3.05) is 11.5 Å². The average molecular weight is 398 g/mol. The summed E-state index contributed by atoms with van der Waals surface area (Å²) in [6.45, 7) is 0. The summed E-state index contributed by atoms with van der Waals surface area (Å²) in [4.78, 5) is 0. The first kappa shape index (κ1) is 17.2. The number of nitrogen functional groups attached to an aromatic ring is 2. The summed E-state index contributed by atoms with van der Waals surface area (Å²) in [5, 5.41) is 2.02. The fourth-order valence-corrected chi connectivity index (χ4v) is 3.29. The summed E-state index contributed by atoms with van der Waals surface area (Å²) < 4.78 is 0. The fraction of sp³-hybridized carbons (Fsp3) is 0. The van der Waals surface area contributed by atoms with E-state index >= 15 is 0 Å². The van der Waals surface area contributed by atoms with Crippen LogP contribution in [0, 0.1) is 0 Å². The van der Waals surface area contributed by atoms with E-state index in [1.807, 2.05) is 12.1 Å². The van der Waals surface area contributed by atoms with Crippen LogP contribution in [0.25, 0.3) is 22.3 Å². The third-order valence-electron chi connectivity index (χ3n) is 3.68. The molecule has 0 unspecified atom stereocenters. The van der Waals surface area contributed by atoms with Crippen molar-refractivity contribution in [2.24, 2.45) is 0 Å². The molecule has 0 heterocycles. The van der Waals surface area contributed by atoms with Crippen molar-refractivity contribution in [3.05, 3.63) is 68.6 Å². The molecule has 0 saturated carbocycles. The molecule has 2 nitrogen and oxygen atoms in total. The van der Waals surface area contributed by atoms with Gasteiger partial charge in [0.1, 0.15) is 0 Å². The van der Waals surface area contributed by atoms with Crippen molar-refractivity contribution in [1.82, 2.24) is 0 Å². The summed E-state index contributed by atoms with van der Waals surface area (Å²) in [5.41, 5.74) is 15.7. The first-order chi connectivity index (χ1) is 11.4. The highest BCUT2D eigenvalue weighted by molar-refractivity contribution is 6.38. The van der Waals surface area contributed by atoms with Gasteiger partial charge in [-0.15, -0.1) is 0 Å². The Balaban J connectivity index is 2.11.